The Labute approximate surface area is 188 Å². The molecule has 5 nitrogen and oxygen atoms in total. The molecule has 0 aliphatic carbocycles. The minimum absolute atomic E-state index is 0.257. The number of anilines is 1. The number of carbonyl (C=O) groups is 1. The molecule has 0 radical (unpaired) electrons. The maximum atomic E-state index is 12.3. The van der Waals surface area contributed by atoms with Crippen LogP contribution in [0.25, 0.3) is 10.9 Å². The highest BCUT2D eigenvalue weighted by Gasteiger charge is 2.09. The molecule has 0 spiro atoms. The highest BCUT2D eigenvalue weighted by atomic mass is 16.5. The van der Waals surface area contributed by atoms with Gasteiger partial charge in [-0.15, -0.1) is 0 Å². The van der Waals surface area contributed by atoms with Crippen molar-refractivity contribution in [3.8, 4) is 11.6 Å². The summed E-state index contributed by atoms with van der Waals surface area (Å²) < 4.78 is 6.02. The molecule has 3 aromatic carbocycles. The monoisotopic (exact) mass is 425 g/mol. The average molecular weight is 426 g/mol. The van der Waals surface area contributed by atoms with Gasteiger partial charge in [0, 0.05) is 32.6 Å². The van der Waals surface area contributed by atoms with Crippen molar-refractivity contribution < 1.29 is 9.53 Å². The van der Waals surface area contributed by atoms with Gasteiger partial charge in [0.1, 0.15) is 17.9 Å². The van der Waals surface area contributed by atoms with Crippen LogP contribution in [0.3, 0.4) is 0 Å². The predicted octanol–water partition coefficient (Wildman–Crippen LogP) is 5.62. The standard InChI is InChI=1S/C27H27N3O2/c1-30(2)22-13-16-25-26(18-22)28-19-29-27(25)32-24-14-11-21(12-15-24)17-23(31)10-6-9-20-7-4-3-5-8-20/h3-5,7-8,11-16,18-19H,6,9-10,17H2,1-2H3. The molecule has 162 valence electrons. The van der Waals surface area contributed by atoms with E-state index in [2.05, 4.69) is 22.1 Å². The fraction of sp³-hybridized carbons (Fsp3) is 0.222. The Balaban J connectivity index is 1.35. The molecule has 4 aromatic rings. The van der Waals surface area contributed by atoms with Crippen molar-refractivity contribution in [2.45, 2.75) is 25.7 Å². The molecule has 0 atom stereocenters. The summed E-state index contributed by atoms with van der Waals surface area (Å²) in [5.74, 6) is 1.46. The Morgan fingerprint density at radius 2 is 1.69 bits per heavy atom. The lowest BCUT2D eigenvalue weighted by atomic mass is 10.0. The largest absolute Gasteiger partial charge is 0.438 e. The number of rotatable bonds is 9. The molecule has 32 heavy (non-hydrogen) atoms. The van der Waals surface area contributed by atoms with Gasteiger partial charge in [-0.1, -0.05) is 42.5 Å². The van der Waals surface area contributed by atoms with Crippen molar-refractivity contribution in [2.75, 3.05) is 19.0 Å². The molecule has 0 aliphatic heterocycles. The van der Waals surface area contributed by atoms with Crippen LogP contribution < -0.4 is 9.64 Å². The second kappa shape index (κ2) is 10.1. The van der Waals surface area contributed by atoms with E-state index in [1.165, 1.54) is 11.9 Å². The molecular formula is C27H27N3O2. The lowest BCUT2D eigenvalue weighted by Gasteiger charge is -2.13. The first-order chi connectivity index (χ1) is 15.6. The number of aromatic nitrogens is 2. The number of hydrogen-bond acceptors (Lipinski definition) is 5. The van der Waals surface area contributed by atoms with Crippen LogP contribution in [0.5, 0.6) is 11.6 Å². The van der Waals surface area contributed by atoms with Crippen LogP contribution in [0.2, 0.25) is 0 Å². The summed E-state index contributed by atoms with van der Waals surface area (Å²) in [7, 11) is 3.99. The highest BCUT2D eigenvalue weighted by Crippen LogP contribution is 2.29. The smallest absolute Gasteiger partial charge is 0.230 e. The van der Waals surface area contributed by atoms with Gasteiger partial charge in [-0.05, 0) is 54.3 Å². The normalized spacial score (nSPS) is 10.8. The first kappa shape index (κ1) is 21.5. The summed E-state index contributed by atoms with van der Waals surface area (Å²) in [5.41, 5.74) is 4.17. The van der Waals surface area contributed by atoms with Gasteiger partial charge in [-0.25, -0.2) is 9.97 Å². The molecule has 0 unspecified atom stereocenters. The third-order valence-electron chi connectivity index (χ3n) is 5.40. The quantitative estimate of drug-likeness (QED) is 0.348. The Morgan fingerprint density at radius 3 is 2.44 bits per heavy atom. The molecule has 5 heteroatoms. The zero-order valence-electron chi connectivity index (χ0n) is 18.5. The lowest BCUT2D eigenvalue weighted by molar-refractivity contribution is -0.118. The zero-order chi connectivity index (χ0) is 22.3. The summed E-state index contributed by atoms with van der Waals surface area (Å²) in [6, 6.07) is 23.9. The van der Waals surface area contributed by atoms with Gasteiger partial charge >= 0.3 is 0 Å². The van der Waals surface area contributed by atoms with E-state index in [1.807, 2.05) is 79.7 Å². The van der Waals surface area contributed by atoms with E-state index in [0.717, 1.165) is 35.0 Å². The lowest BCUT2D eigenvalue weighted by Crippen LogP contribution is -2.08. The maximum Gasteiger partial charge on any atom is 0.230 e. The highest BCUT2D eigenvalue weighted by molar-refractivity contribution is 5.86. The van der Waals surface area contributed by atoms with Crippen LogP contribution in [-0.4, -0.2) is 29.8 Å². The number of fused-ring (bicyclic) bond motifs is 1. The first-order valence-corrected chi connectivity index (χ1v) is 10.8. The van der Waals surface area contributed by atoms with Crippen molar-refractivity contribution in [2.24, 2.45) is 0 Å². The van der Waals surface area contributed by atoms with Gasteiger partial charge < -0.3 is 9.64 Å². The van der Waals surface area contributed by atoms with Gasteiger partial charge in [-0.3, -0.25) is 4.79 Å². The number of Topliss-reactive ketones (excluding diaryl/α,β-unsaturated/α-hetero) is 1. The third kappa shape index (κ3) is 5.49. The summed E-state index contributed by atoms with van der Waals surface area (Å²) in [6.07, 6.45) is 4.36. The SMILES string of the molecule is CN(C)c1ccc2c(Oc3ccc(CC(=O)CCCc4ccccc4)cc3)ncnc2c1. The predicted molar refractivity (Wildman–Crippen MR) is 128 cm³/mol. The topological polar surface area (TPSA) is 55.3 Å². The number of ketones is 1. The number of hydrogen-bond donors (Lipinski definition) is 0. The fourth-order valence-electron chi connectivity index (χ4n) is 3.62. The summed E-state index contributed by atoms with van der Waals surface area (Å²) >= 11 is 0. The van der Waals surface area contributed by atoms with Gasteiger partial charge in [0.15, 0.2) is 0 Å². The van der Waals surface area contributed by atoms with Crippen molar-refractivity contribution in [3.05, 3.63) is 90.3 Å². The average Bonchev–Trinajstić information content (AvgIpc) is 2.81. The zero-order valence-corrected chi connectivity index (χ0v) is 18.5. The van der Waals surface area contributed by atoms with Crippen LogP contribution >= 0.6 is 0 Å². The van der Waals surface area contributed by atoms with Crippen molar-refractivity contribution in [1.29, 1.82) is 0 Å². The van der Waals surface area contributed by atoms with E-state index in [4.69, 9.17) is 4.74 Å². The van der Waals surface area contributed by atoms with Gasteiger partial charge in [0.05, 0.1) is 10.9 Å². The van der Waals surface area contributed by atoms with Gasteiger partial charge in [-0.2, -0.15) is 0 Å². The van der Waals surface area contributed by atoms with Crippen molar-refractivity contribution in [1.82, 2.24) is 9.97 Å². The third-order valence-corrected chi connectivity index (χ3v) is 5.40. The fourth-order valence-corrected chi connectivity index (χ4v) is 3.62. The molecule has 1 aromatic heterocycles. The van der Waals surface area contributed by atoms with E-state index in [9.17, 15) is 4.79 Å². The molecule has 1 heterocycles. The summed E-state index contributed by atoms with van der Waals surface area (Å²) in [5, 5.41) is 0.857. The molecule has 0 fully saturated rings. The number of benzene rings is 3. The number of carbonyl (C=O) groups excluding carboxylic acids is 1. The van der Waals surface area contributed by atoms with E-state index in [-0.39, 0.29) is 5.78 Å². The number of ether oxygens (including phenoxy) is 1. The number of aryl methyl sites for hydroxylation is 1. The molecule has 0 N–H and O–H groups in total. The van der Waals surface area contributed by atoms with Crippen LogP contribution in [0.1, 0.15) is 24.0 Å². The van der Waals surface area contributed by atoms with Crippen LogP contribution in [0, 0.1) is 0 Å². The summed E-state index contributed by atoms with van der Waals surface area (Å²) in [4.78, 5) is 23.0. The Hall–Kier alpha value is -3.73. The van der Waals surface area contributed by atoms with Crippen LogP contribution in [-0.2, 0) is 17.6 Å². The second-order valence-electron chi connectivity index (χ2n) is 8.08. The van der Waals surface area contributed by atoms with Crippen LogP contribution in [0.4, 0.5) is 5.69 Å². The van der Waals surface area contributed by atoms with E-state index < -0.39 is 0 Å². The molecule has 0 saturated carbocycles. The molecule has 0 bridgehead atoms. The molecule has 0 amide bonds. The van der Waals surface area contributed by atoms with Crippen molar-refractivity contribution in [3.63, 3.8) is 0 Å². The van der Waals surface area contributed by atoms with Crippen LogP contribution in [0.15, 0.2) is 79.1 Å². The Morgan fingerprint density at radius 1 is 0.906 bits per heavy atom. The summed E-state index contributed by atoms with van der Waals surface area (Å²) in [6.45, 7) is 0. The van der Waals surface area contributed by atoms with Gasteiger partial charge in [0.25, 0.3) is 0 Å². The first-order valence-electron chi connectivity index (χ1n) is 10.8. The molecule has 4 rings (SSSR count). The minimum Gasteiger partial charge on any atom is -0.438 e. The Kier molecular flexibility index (Phi) is 6.75. The van der Waals surface area contributed by atoms with E-state index >= 15 is 0 Å². The Bertz CT molecular complexity index is 1190. The van der Waals surface area contributed by atoms with Crippen molar-refractivity contribution >= 4 is 22.4 Å². The second-order valence-corrected chi connectivity index (χ2v) is 8.08. The molecular weight excluding hydrogens is 398 g/mol. The number of nitrogens with zero attached hydrogens (tertiary/aromatic N) is 3. The molecule has 0 aliphatic rings. The van der Waals surface area contributed by atoms with E-state index in [1.54, 1.807) is 0 Å². The van der Waals surface area contributed by atoms with Gasteiger partial charge in [0.2, 0.25) is 5.88 Å². The molecule has 0 saturated heterocycles. The minimum atomic E-state index is 0.257. The van der Waals surface area contributed by atoms with E-state index in [0.29, 0.717) is 24.5 Å². The maximum absolute atomic E-state index is 12.3.